The van der Waals surface area contributed by atoms with Crippen LogP contribution in [0.25, 0.3) is 0 Å². The first kappa shape index (κ1) is 15.6. The normalized spacial score (nSPS) is 10.7. The fourth-order valence-electron chi connectivity index (χ4n) is 1.96. The van der Waals surface area contributed by atoms with Gasteiger partial charge in [0.05, 0.1) is 0 Å². The van der Waals surface area contributed by atoms with Crippen molar-refractivity contribution < 1.29 is 9.53 Å². The maximum Gasteiger partial charge on any atom is 0.260 e. The minimum atomic E-state index is -0.0175. The molecule has 0 saturated carbocycles. The standard InChI is InChI=1S/C17H21NO2S/c1-13(2)15-5-4-6-16(9-15)20-11-17(19)18(3)10-14-7-8-21-12-14/h4-9,12-13H,10-11H2,1-3H3. The van der Waals surface area contributed by atoms with Crippen LogP contribution in [-0.4, -0.2) is 24.5 Å². The third-order valence-corrected chi connectivity index (χ3v) is 4.04. The molecule has 21 heavy (non-hydrogen) atoms. The van der Waals surface area contributed by atoms with Gasteiger partial charge >= 0.3 is 0 Å². The van der Waals surface area contributed by atoms with Crippen LogP contribution in [0, 0.1) is 0 Å². The molecule has 0 atom stereocenters. The quantitative estimate of drug-likeness (QED) is 0.810. The Morgan fingerprint density at radius 1 is 1.33 bits per heavy atom. The number of hydrogen-bond donors (Lipinski definition) is 0. The highest BCUT2D eigenvalue weighted by atomic mass is 32.1. The van der Waals surface area contributed by atoms with E-state index in [-0.39, 0.29) is 12.5 Å². The Labute approximate surface area is 130 Å². The number of nitrogens with zero attached hydrogens (tertiary/aromatic N) is 1. The zero-order chi connectivity index (χ0) is 15.2. The molecule has 0 aliphatic carbocycles. The van der Waals surface area contributed by atoms with Gasteiger partial charge in [-0.15, -0.1) is 0 Å². The molecule has 1 heterocycles. The lowest BCUT2D eigenvalue weighted by Crippen LogP contribution is -2.30. The fraction of sp³-hybridized carbons (Fsp3) is 0.353. The van der Waals surface area contributed by atoms with Gasteiger partial charge in [0, 0.05) is 13.6 Å². The van der Waals surface area contributed by atoms with Crippen LogP contribution in [-0.2, 0) is 11.3 Å². The monoisotopic (exact) mass is 303 g/mol. The van der Waals surface area contributed by atoms with Gasteiger partial charge in [0.2, 0.25) is 0 Å². The average Bonchev–Trinajstić information content (AvgIpc) is 2.97. The van der Waals surface area contributed by atoms with Crippen LogP contribution in [0.2, 0.25) is 0 Å². The van der Waals surface area contributed by atoms with Gasteiger partial charge in [-0.2, -0.15) is 11.3 Å². The van der Waals surface area contributed by atoms with Crippen LogP contribution >= 0.6 is 11.3 Å². The summed E-state index contributed by atoms with van der Waals surface area (Å²) in [4.78, 5) is 13.8. The Hall–Kier alpha value is -1.81. The molecular formula is C17H21NO2S. The predicted molar refractivity (Wildman–Crippen MR) is 86.8 cm³/mol. The van der Waals surface area contributed by atoms with E-state index in [1.54, 1.807) is 23.3 Å². The molecule has 0 aliphatic heterocycles. The van der Waals surface area contributed by atoms with Crippen LogP contribution in [0.3, 0.4) is 0 Å². The van der Waals surface area contributed by atoms with Gasteiger partial charge in [-0.25, -0.2) is 0 Å². The average molecular weight is 303 g/mol. The number of carbonyl (C=O) groups is 1. The van der Waals surface area contributed by atoms with E-state index >= 15 is 0 Å². The number of ether oxygens (including phenoxy) is 1. The van der Waals surface area contributed by atoms with Gasteiger partial charge in [-0.05, 0) is 46.0 Å². The summed E-state index contributed by atoms with van der Waals surface area (Å²) in [6, 6.07) is 9.95. The summed E-state index contributed by atoms with van der Waals surface area (Å²) in [5.74, 6) is 1.18. The van der Waals surface area contributed by atoms with Crippen LogP contribution in [0.1, 0.15) is 30.9 Å². The Bertz CT molecular complexity index is 578. The zero-order valence-corrected chi connectivity index (χ0v) is 13.5. The molecule has 1 amide bonds. The van der Waals surface area contributed by atoms with Gasteiger partial charge in [0.1, 0.15) is 5.75 Å². The van der Waals surface area contributed by atoms with Gasteiger partial charge < -0.3 is 9.64 Å². The van der Waals surface area contributed by atoms with E-state index < -0.39 is 0 Å². The van der Waals surface area contributed by atoms with E-state index in [1.165, 1.54) is 5.56 Å². The van der Waals surface area contributed by atoms with Gasteiger partial charge in [-0.1, -0.05) is 26.0 Å². The van der Waals surface area contributed by atoms with Crippen molar-refractivity contribution in [1.82, 2.24) is 4.90 Å². The molecule has 3 nitrogen and oxygen atoms in total. The lowest BCUT2D eigenvalue weighted by molar-refractivity contribution is -0.132. The molecule has 0 saturated heterocycles. The maximum atomic E-state index is 12.1. The van der Waals surface area contributed by atoms with Crippen molar-refractivity contribution in [2.45, 2.75) is 26.3 Å². The molecule has 0 aliphatic rings. The molecule has 0 unspecified atom stereocenters. The van der Waals surface area contributed by atoms with Crippen molar-refractivity contribution in [3.8, 4) is 5.75 Å². The number of hydrogen-bond acceptors (Lipinski definition) is 3. The molecule has 0 bridgehead atoms. The number of carbonyl (C=O) groups excluding carboxylic acids is 1. The summed E-state index contributed by atoms with van der Waals surface area (Å²) in [5.41, 5.74) is 2.37. The molecule has 0 radical (unpaired) electrons. The third kappa shape index (κ3) is 4.60. The van der Waals surface area contributed by atoms with E-state index in [1.807, 2.05) is 29.6 Å². The number of rotatable bonds is 6. The molecule has 1 aromatic heterocycles. The maximum absolute atomic E-state index is 12.1. The van der Waals surface area contributed by atoms with Crippen LogP contribution < -0.4 is 4.74 Å². The van der Waals surface area contributed by atoms with E-state index in [9.17, 15) is 4.79 Å². The predicted octanol–water partition coefficient (Wildman–Crippen LogP) is 3.91. The van der Waals surface area contributed by atoms with Crippen molar-refractivity contribution in [3.05, 3.63) is 52.2 Å². The number of likely N-dealkylation sites (N-methyl/N-ethyl adjacent to an activating group) is 1. The highest BCUT2D eigenvalue weighted by Crippen LogP contribution is 2.20. The van der Waals surface area contributed by atoms with E-state index in [4.69, 9.17) is 4.74 Å². The largest absolute Gasteiger partial charge is 0.484 e. The molecule has 112 valence electrons. The topological polar surface area (TPSA) is 29.5 Å². The Morgan fingerprint density at radius 2 is 2.14 bits per heavy atom. The van der Waals surface area contributed by atoms with Gasteiger partial charge in [0.25, 0.3) is 5.91 Å². The highest BCUT2D eigenvalue weighted by molar-refractivity contribution is 7.07. The summed E-state index contributed by atoms with van der Waals surface area (Å²) < 4.78 is 5.61. The number of thiophene rings is 1. The molecular weight excluding hydrogens is 282 g/mol. The fourth-order valence-corrected chi connectivity index (χ4v) is 2.62. The minimum absolute atomic E-state index is 0.0175. The summed E-state index contributed by atoms with van der Waals surface area (Å²) in [5, 5.41) is 4.07. The summed E-state index contributed by atoms with van der Waals surface area (Å²) in [6.07, 6.45) is 0. The lowest BCUT2D eigenvalue weighted by Gasteiger charge is -2.17. The van der Waals surface area contributed by atoms with Crippen molar-refractivity contribution in [1.29, 1.82) is 0 Å². The first-order chi connectivity index (χ1) is 10.1. The first-order valence-corrected chi connectivity index (χ1v) is 7.98. The van der Waals surface area contributed by atoms with Crippen LogP contribution in [0.4, 0.5) is 0 Å². The molecule has 1 aromatic carbocycles. The van der Waals surface area contributed by atoms with Crippen molar-refractivity contribution in [2.75, 3.05) is 13.7 Å². The molecule has 0 N–H and O–H groups in total. The van der Waals surface area contributed by atoms with Gasteiger partial charge in [-0.3, -0.25) is 4.79 Å². The molecule has 2 aromatic rings. The van der Waals surface area contributed by atoms with Gasteiger partial charge in [0.15, 0.2) is 6.61 Å². The zero-order valence-electron chi connectivity index (χ0n) is 12.7. The van der Waals surface area contributed by atoms with Crippen molar-refractivity contribution in [3.63, 3.8) is 0 Å². The van der Waals surface area contributed by atoms with Crippen LogP contribution in [0.5, 0.6) is 5.75 Å². The highest BCUT2D eigenvalue weighted by Gasteiger charge is 2.11. The Morgan fingerprint density at radius 3 is 2.81 bits per heavy atom. The van der Waals surface area contributed by atoms with Crippen LogP contribution in [0.15, 0.2) is 41.1 Å². The summed E-state index contributed by atoms with van der Waals surface area (Å²) in [7, 11) is 1.80. The second-order valence-corrected chi connectivity index (χ2v) is 6.18. The molecule has 0 fully saturated rings. The van der Waals surface area contributed by atoms with E-state index in [0.29, 0.717) is 12.5 Å². The molecule has 4 heteroatoms. The smallest absolute Gasteiger partial charge is 0.260 e. The Balaban J connectivity index is 1.87. The van der Waals surface area contributed by atoms with E-state index in [2.05, 4.69) is 25.3 Å². The van der Waals surface area contributed by atoms with Crippen molar-refractivity contribution >= 4 is 17.2 Å². The minimum Gasteiger partial charge on any atom is -0.484 e. The Kier molecular flexibility index (Phi) is 5.39. The molecule has 2 rings (SSSR count). The SMILES string of the molecule is CC(C)c1cccc(OCC(=O)N(C)Cc2ccsc2)c1. The van der Waals surface area contributed by atoms with E-state index in [0.717, 1.165) is 11.3 Å². The first-order valence-electron chi connectivity index (χ1n) is 7.04. The summed E-state index contributed by atoms with van der Waals surface area (Å²) in [6.45, 7) is 4.97. The lowest BCUT2D eigenvalue weighted by atomic mass is 10.0. The second-order valence-electron chi connectivity index (χ2n) is 5.40. The third-order valence-electron chi connectivity index (χ3n) is 3.31. The second kappa shape index (κ2) is 7.27. The number of benzene rings is 1. The molecule has 0 spiro atoms. The summed E-state index contributed by atoms with van der Waals surface area (Å²) >= 11 is 1.64. The number of amides is 1. The van der Waals surface area contributed by atoms with Crippen molar-refractivity contribution in [2.24, 2.45) is 0 Å².